The largest absolute Gasteiger partial charge is 0.250 e. The normalized spacial score (nSPS) is 13.0. The van der Waals surface area contributed by atoms with Crippen LogP contribution in [0, 0.1) is 10.8 Å². The molecule has 0 saturated heterocycles. The Morgan fingerprint density at radius 3 is 1.39 bits per heavy atom. The summed E-state index contributed by atoms with van der Waals surface area (Å²) in [5.41, 5.74) is 0.308. The Hall–Kier alpha value is -0.0700. The molecule has 0 heterocycles. The van der Waals surface area contributed by atoms with Gasteiger partial charge in [0.05, 0.1) is 6.67 Å². The summed E-state index contributed by atoms with van der Waals surface area (Å²) in [6.07, 6.45) is 10.3. The summed E-state index contributed by atoms with van der Waals surface area (Å²) in [5, 5.41) is 0. The van der Waals surface area contributed by atoms with Crippen LogP contribution in [0.4, 0.5) is 4.39 Å². The van der Waals surface area contributed by atoms with Crippen molar-refractivity contribution in [3.63, 3.8) is 0 Å². The van der Waals surface area contributed by atoms with Crippen molar-refractivity contribution in [2.75, 3.05) is 6.67 Å². The summed E-state index contributed by atoms with van der Waals surface area (Å²) in [7, 11) is 0. The number of rotatable bonds is 11. The van der Waals surface area contributed by atoms with Gasteiger partial charge in [-0.25, -0.2) is 0 Å². The van der Waals surface area contributed by atoms with Crippen molar-refractivity contribution >= 4 is 0 Å². The molecule has 0 radical (unpaired) electrons. The van der Waals surface area contributed by atoms with Gasteiger partial charge in [-0.3, -0.25) is 4.39 Å². The van der Waals surface area contributed by atoms with E-state index in [1.807, 2.05) is 0 Å². The number of hydrogen-bond donors (Lipinski definition) is 0. The predicted molar refractivity (Wildman–Crippen MR) is 80.8 cm³/mol. The maximum atomic E-state index is 13.7. The fraction of sp³-hybridized carbons (Fsp3) is 1.00. The third-order valence-electron chi connectivity index (χ3n) is 4.35. The van der Waals surface area contributed by atoms with Crippen LogP contribution in [0.25, 0.3) is 0 Å². The molecule has 0 nitrogen and oxygen atoms in total. The average molecular weight is 258 g/mol. The second-order valence-electron chi connectivity index (χ2n) is 6.62. The van der Waals surface area contributed by atoms with E-state index in [-0.39, 0.29) is 12.1 Å². The van der Waals surface area contributed by atoms with E-state index >= 15 is 0 Å². The predicted octanol–water partition coefficient (Wildman–Crippen LogP) is 6.54. The summed E-state index contributed by atoms with van der Waals surface area (Å²) >= 11 is 0. The van der Waals surface area contributed by atoms with Crippen LogP contribution in [0.1, 0.15) is 92.4 Å². The fourth-order valence-electron chi connectivity index (χ4n) is 3.96. The van der Waals surface area contributed by atoms with Gasteiger partial charge >= 0.3 is 0 Å². The van der Waals surface area contributed by atoms with Gasteiger partial charge in [-0.1, -0.05) is 60.3 Å². The lowest BCUT2D eigenvalue weighted by atomic mass is 9.65. The third kappa shape index (κ3) is 5.71. The maximum Gasteiger partial charge on any atom is 0.0950 e. The minimum Gasteiger partial charge on any atom is -0.250 e. The van der Waals surface area contributed by atoms with Crippen molar-refractivity contribution in [2.45, 2.75) is 92.4 Å². The van der Waals surface area contributed by atoms with Crippen molar-refractivity contribution in [3.05, 3.63) is 0 Å². The second-order valence-corrected chi connectivity index (χ2v) is 6.62. The average Bonchev–Trinajstić information content (AvgIpc) is 2.30. The number of alkyl halides is 1. The lowest BCUT2D eigenvalue weighted by Crippen LogP contribution is -2.32. The first-order valence-corrected chi connectivity index (χ1v) is 8.07. The molecular weight excluding hydrogens is 223 g/mol. The Labute approximate surface area is 115 Å². The standard InChI is InChI=1S/C17H35F/c1-6-10-16(5,11-7-2)14-17(15-18,12-8-3)13-9-4/h6-15H2,1-5H3. The van der Waals surface area contributed by atoms with Gasteiger partial charge in [0.2, 0.25) is 0 Å². The van der Waals surface area contributed by atoms with Gasteiger partial charge in [0, 0.05) is 0 Å². The summed E-state index contributed by atoms with van der Waals surface area (Å²) in [4.78, 5) is 0. The van der Waals surface area contributed by atoms with E-state index in [2.05, 4.69) is 34.6 Å². The van der Waals surface area contributed by atoms with E-state index in [0.717, 1.165) is 32.1 Å². The molecule has 0 aromatic heterocycles. The number of halogens is 1. The van der Waals surface area contributed by atoms with Crippen LogP contribution in [0.5, 0.6) is 0 Å². The van der Waals surface area contributed by atoms with Gasteiger partial charge in [0.1, 0.15) is 0 Å². The van der Waals surface area contributed by atoms with E-state index in [9.17, 15) is 4.39 Å². The molecule has 0 N–H and O–H groups in total. The van der Waals surface area contributed by atoms with Crippen molar-refractivity contribution in [1.29, 1.82) is 0 Å². The Kier molecular flexibility index (Phi) is 8.90. The molecule has 0 aromatic rings. The van der Waals surface area contributed by atoms with E-state index in [4.69, 9.17) is 0 Å². The Morgan fingerprint density at radius 1 is 0.722 bits per heavy atom. The van der Waals surface area contributed by atoms with Crippen molar-refractivity contribution in [3.8, 4) is 0 Å². The zero-order chi connectivity index (χ0) is 14.1. The molecular formula is C17H35F. The molecule has 1 heteroatoms. The molecule has 0 spiro atoms. The van der Waals surface area contributed by atoms with Crippen molar-refractivity contribution in [1.82, 2.24) is 0 Å². The molecule has 0 aliphatic carbocycles. The van der Waals surface area contributed by atoms with Gasteiger partial charge in [0.25, 0.3) is 0 Å². The highest BCUT2D eigenvalue weighted by Crippen LogP contribution is 2.46. The first-order chi connectivity index (χ1) is 8.51. The number of hydrogen-bond acceptors (Lipinski definition) is 0. The molecule has 0 aliphatic rings. The molecule has 0 saturated carbocycles. The smallest absolute Gasteiger partial charge is 0.0950 e. The minimum atomic E-state index is -0.127. The van der Waals surface area contributed by atoms with Crippen LogP contribution in [-0.4, -0.2) is 6.67 Å². The van der Waals surface area contributed by atoms with E-state index in [1.165, 1.54) is 25.7 Å². The van der Waals surface area contributed by atoms with Crippen molar-refractivity contribution in [2.24, 2.45) is 10.8 Å². The second kappa shape index (κ2) is 8.93. The molecule has 110 valence electrons. The zero-order valence-corrected chi connectivity index (χ0v) is 13.4. The lowest BCUT2D eigenvalue weighted by molar-refractivity contribution is 0.0731. The van der Waals surface area contributed by atoms with Gasteiger partial charge in [-0.15, -0.1) is 0 Å². The quantitative estimate of drug-likeness (QED) is 0.395. The van der Waals surface area contributed by atoms with Crippen LogP contribution in [0.2, 0.25) is 0 Å². The van der Waals surface area contributed by atoms with E-state index in [0.29, 0.717) is 5.41 Å². The highest BCUT2D eigenvalue weighted by atomic mass is 19.1. The van der Waals surface area contributed by atoms with Gasteiger partial charge in [0.15, 0.2) is 0 Å². The molecule has 18 heavy (non-hydrogen) atoms. The third-order valence-corrected chi connectivity index (χ3v) is 4.35. The first-order valence-electron chi connectivity index (χ1n) is 8.07. The van der Waals surface area contributed by atoms with Crippen LogP contribution in [0.3, 0.4) is 0 Å². The van der Waals surface area contributed by atoms with Crippen LogP contribution >= 0.6 is 0 Å². The highest BCUT2D eigenvalue weighted by Gasteiger charge is 2.36. The molecule has 0 fully saturated rings. The molecule has 0 unspecified atom stereocenters. The van der Waals surface area contributed by atoms with Crippen molar-refractivity contribution < 1.29 is 4.39 Å². The molecule has 0 bridgehead atoms. The monoisotopic (exact) mass is 258 g/mol. The SMILES string of the molecule is CCCC(C)(CCC)CC(CF)(CCC)CCC. The maximum absolute atomic E-state index is 13.7. The van der Waals surface area contributed by atoms with Crippen LogP contribution in [-0.2, 0) is 0 Å². The highest BCUT2D eigenvalue weighted by molar-refractivity contribution is 4.87. The minimum absolute atomic E-state index is 0.0391. The van der Waals surface area contributed by atoms with Crippen LogP contribution < -0.4 is 0 Å². The first kappa shape index (κ1) is 17.9. The molecule has 0 atom stereocenters. The summed E-state index contributed by atoms with van der Waals surface area (Å²) in [5.74, 6) is 0. The Balaban J connectivity index is 4.87. The Morgan fingerprint density at radius 2 is 1.11 bits per heavy atom. The lowest BCUT2D eigenvalue weighted by Gasteiger charge is -2.41. The van der Waals surface area contributed by atoms with Gasteiger partial charge < -0.3 is 0 Å². The molecule has 0 aliphatic heterocycles. The summed E-state index contributed by atoms with van der Waals surface area (Å²) in [6, 6.07) is 0. The molecule has 0 amide bonds. The topological polar surface area (TPSA) is 0 Å². The molecule has 0 rings (SSSR count). The van der Waals surface area contributed by atoms with E-state index < -0.39 is 0 Å². The zero-order valence-electron chi connectivity index (χ0n) is 13.4. The van der Waals surface area contributed by atoms with Gasteiger partial charge in [-0.05, 0) is 42.9 Å². The van der Waals surface area contributed by atoms with E-state index in [1.54, 1.807) is 0 Å². The van der Waals surface area contributed by atoms with Crippen LogP contribution in [0.15, 0.2) is 0 Å². The summed E-state index contributed by atoms with van der Waals surface area (Å²) < 4.78 is 13.7. The molecule has 0 aromatic carbocycles. The Bertz CT molecular complexity index is 186. The fourth-order valence-corrected chi connectivity index (χ4v) is 3.96. The summed E-state index contributed by atoms with van der Waals surface area (Å²) in [6.45, 7) is 11.1. The van der Waals surface area contributed by atoms with Gasteiger partial charge in [-0.2, -0.15) is 0 Å².